The van der Waals surface area contributed by atoms with Crippen LogP contribution in [0.25, 0.3) is 0 Å². The summed E-state index contributed by atoms with van der Waals surface area (Å²) in [5.74, 6) is -6.42. The minimum absolute atomic E-state index is 0. The molecular formula is C85H155Cl2N17O31P8Pr2-2. The Balaban J connectivity index is -0.000000245. The van der Waals surface area contributed by atoms with Crippen molar-refractivity contribution in [2.75, 3.05) is 127 Å². The second kappa shape index (κ2) is 82.9. The minimum Gasteiger partial charge on any atom is -0.508 e. The van der Waals surface area contributed by atoms with Crippen molar-refractivity contribution in [2.24, 2.45) is 16.7 Å². The molecule has 60 heteroatoms. The number of benzene rings is 3. The topological polar surface area (TPSA) is 693 Å². The molecule has 828 valence electrons. The zero-order valence-corrected chi connectivity index (χ0v) is 101. The first-order valence-corrected chi connectivity index (χ1v) is 62.5. The van der Waals surface area contributed by atoms with Crippen LogP contribution in [0.3, 0.4) is 0 Å². The van der Waals surface area contributed by atoms with Gasteiger partial charge in [0.2, 0.25) is 35.6 Å². The van der Waals surface area contributed by atoms with Gasteiger partial charge in [-0.3, -0.25) is 104 Å². The molecule has 0 amide bonds. The number of aromatic nitrogens is 6. The van der Waals surface area contributed by atoms with Crippen LogP contribution >= 0.6 is 80.6 Å². The zero-order chi connectivity index (χ0) is 109. The molecule has 0 saturated heterocycles. The number of nitrogens with two attached hydrogens (primary N) is 3. The van der Waals surface area contributed by atoms with E-state index in [0.29, 0.717) is 52.1 Å². The second-order valence-electron chi connectivity index (χ2n) is 30.0. The Labute approximate surface area is 929 Å². The standard InChI is InChI=1S/C16H22N3O4P.C13H20NO5P.C12H25N2O5P.C12H17NO3.C9H16N3O3P.C9H17N2O5P.C6H13NO2.C4H7N2O2P.CH3Cl2OP.CH7N2OP.2CH4.2Pr/c1-3-10-23-16(21)15(11-13-4-6-14(20)7-5-13)18-24(2,22)19-9-8-17-12-19;1-3-8-19-13(16)12(14-20(2,17)18)9-10-4-6-11(15)7-5-10;1-7-18-11(15)9(3)13-20(6,17)14(5)10(4)12(16)19-8-2;1-2-7-16-12(15)11(13)8-9-3-5-10(14)6-4-9;1-4-15-9(13)8(2)11-16(3,14)12-6-5-10-7-12;1-4-15-8(12)6-10-17(3,14)11-7-9(13)16-5-2;1-4-9-6(8)5(2)7-3;1-9(7,8)6-3-2-5-4-6;2*1-5(2,3)4;;;;/h4-9,12,15,20H,3,10-11H2,1-2H3,(H,18,22);4-7,12,15H,3,8-9H2,1-2H3,(H2,14,17,18);9-10H,7-8H2,1-6H3,(H,13,17);3-6,11,14H,2,7-8,13H2,1H3;5-8H,4H2,1-3H3,(H,11,14);6-7H,4-5H2,1-3H3,(H2,10,11,14);5,7H,4H2,1-3H3;2-4H,1H3,(H,7,8);1H3;1H3,(H4,2,3,4);2*1H4;;/q;;;;;-2;;;;;;;;. The molecule has 0 spiro atoms. The maximum atomic E-state index is 12.9. The van der Waals surface area contributed by atoms with Gasteiger partial charge in [0.05, 0.1) is 59.5 Å². The largest absolute Gasteiger partial charge is 0.508 e. The van der Waals surface area contributed by atoms with Crippen LogP contribution in [0.2, 0.25) is 0 Å². The molecule has 2 radical (unpaired) electrons. The van der Waals surface area contributed by atoms with Crippen LogP contribution in [0.15, 0.2) is 129 Å². The first-order valence-electron chi connectivity index (χ1n) is 43.6. The number of esters is 9. The maximum absolute atomic E-state index is 12.9. The summed E-state index contributed by atoms with van der Waals surface area (Å²) in [5, 5.41) is 45.9. The summed E-state index contributed by atoms with van der Waals surface area (Å²) >= 11 is 9.70. The molecule has 48 nitrogen and oxygen atoms in total. The van der Waals surface area contributed by atoms with Crippen molar-refractivity contribution < 1.29 is 230 Å². The van der Waals surface area contributed by atoms with Crippen LogP contribution < -0.4 is 52.6 Å². The molecule has 145 heavy (non-hydrogen) atoms. The number of carbonyl (C=O) groups is 9. The summed E-state index contributed by atoms with van der Waals surface area (Å²) in [6.45, 7) is 37.9. The molecule has 0 aliphatic heterocycles. The summed E-state index contributed by atoms with van der Waals surface area (Å²) in [5.41, 5.74) is 17.5. The summed E-state index contributed by atoms with van der Waals surface area (Å²) in [4.78, 5) is 132. The van der Waals surface area contributed by atoms with Gasteiger partial charge in [-0.2, -0.15) is 0 Å². The molecule has 0 bridgehead atoms. The van der Waals surface area contributed by atoms with Gasteiger partial charge in [-0.05, 0) is 197 Å². The first-order chi connectivity index (χ1) is 65.2. The van der Waals surface area contributed by atoms with Gasteiger partial charge in [0, 0.05) is 173 Å². The van der Waals surface area contributed by atoms with Crippen LogP contribution in [0.1, 0.15) is 141 Å². The second-order valence-corrected chi connectivity index (χ2v) is 52.1. The number of carbonyl (C=O) groups excluding carboxylic acids is 9. The number of phenolic OH excluding ortho intramolecular Hbond substituents is 3. The number of nitrogens with zero attached hydrogens (tertiary/aromatic N) is 7. The molecule has 6 aromatic rings. The molecule has 0 saturated carbocycles. The van der Waals surface area contributed by atoms with Gasteiger partial charge in [-0.25, -0.2) is 53.1 Å². The van der Waals surface area contributed by atoms with Gasteiger partial charge in [-0.1, -0.05) is 72.0 Å². The predicted molar refractivity (Wildman–Crippen MR) is 556 cm³/mol. The number of likely N-dealkylation sites (N-methyl/N-ethyl adjacent to an activating group) is 2. The van der Waals surface area contributed by atoms with E-state index in [2.05, 4.69) is 71.3 Å². The fraction of sp³-hybridized carbons (Fsp3) is 0.553. The molecule has 12 atom stereocenters. The zero-order valence-electron chi connectivity index (χ0n) is 85.1. The number of hydrogen-bond donors (Lipinski definition) is 15. The summed E-state index contributed by atoms with van der Waals surface area (Å²) in [7, 11) is -18.0. The summed E-state index contributed by atoms with van der Waals surface area (Å²) in [6.07, 6.45) is 16.5. The van der Waals surface area contributed by atoms with Crippen molar-refractivity contribution in [3.8, 4) is 17.2 Å². The number of aromatic hydroxyl groups is 3. The van der Waals surface area contributed by atoms with Crippen LogP contribution in [-0.2, 0) is 142 Å². The van der Waals surface area contributed by atoms with Crippen molar-refractivity contribution in [1.29, 1.82) is 0 Å². The molecule has 3 aromatic heterocycles. The smallest absolute Gasteiger partial charge is 0.323 e. The number of hydrogen-bond acceptors (Lipinski definition) is 34. The number of ether oxygens (including phenoxy) is 9. The van der Waals surface area contributed by atoms with E-state index in [9.17, 15) is 94.8 Å². The van der Waals surface area contributed by atoms with E-state index in [1.165, 1.54) is 120 Å². The van der Waals surface area contributed by atoms with Gasteiger partial charge < -0.3 is 89.0 Å². The Kier molecular flexibility index (Phi) is 88.4. The number of rotatable bonds is 45. The van der Waals surface area contributed by atoms with Gasteiger partial charge >= 0.3 is 41.8 Å². The summed E-state index contributed by atoms with van der Waals surface area (Å²) < 4.78 is 140. The minimum atomic E-state index is -3.55. The molecule has 12 unspecified atom stereocenters. The van der Waals surface area contributed by atoms with E-state index in [4.69, 9.17) is 71.4 Å². The number of imidazole rings is 3. The van der Waals surface area contributed by atoms with Crippen LogP contribution in [-0.4, -0.2) is 281 Å². The SMILES string of the molecule is C.C.CCCOC(=O)C(Cc1ccc(O)cc1)NP(C)(=O)O.CCCOC(=O)C(Cc1ccc(O)cc1)NP(C)(=O)n1ccnc1.CCCOC(=O)C(N)Cc1ccc(O)cc1.CCOC(=O)C(C)NC.CCOC(=O)C(C)NP(C)(=O)N(C)C(C)C(=O)OCC.CCOC(=O)C(C)NP(C)(=O)n1ccnc1.CCOC(=O)[CH-]NP(C)(=O)N[CH-]C(=O)OCC.CP(=O)(Cl)Cl.CP(=O)(O)n1ccnc1.CP(N)(N)=O.[Pr].[Pr]. The van der Waals surface area contributed by atoms with E-state index < -0.39 is 136 Å². The van der Waals surface area contributed by atoms with Gasteiger partial charge in [0.25, 0.3) is 15.0 Å². The van der Waals surface area contributed by atoms with E-state index in [0.717, 1.165) is 42.9 Å². The molecule has 3 heterocycles. The molecule has 6 rings (SSSR count). The van der Waals surface area contributed by atoms with Crippen molar-refractivity contribution >= 4 is 134 Å². The van der Waals surface area contributed by atoms with E-state index in [1.807, 2.05) is 20.8 Å². The quantitative estimate of drug-likeness (QED) is 0.00731. The van der Waals surface area contributed by atoms with Crippen LogP contribution in [0.5, 0.6) is 17.2 Å². The fourth-order valence-electron chi connectivity index (χ4n) is 9.46. The Bertz CT molecular complexity index is 4920. The van der Waals surface area contributed by atoms with Gasteiger partial charge in [-0.15, -0.1) is 0 Å². The third kappa shape index (κ3) is 81.7. The third-order valence-corrected chi connectivity index (χ3v) is 25.8. The molecule has 0 aliphatic rings. The molecule has 3 aromatic carbocycles. The predicted octanol–water partition coefficient (Wildman–Crippen LogP) is 12.0. The van der Waals surface area contributed by atoms with Crippen molar-refractivity contribution in [1.82, 2.24) is 68.5 Å². The van der Waals surface area contributed by atoms with E-state index in [1.54, 1.807) is 156 Å². The third-order valence-electron chi connectivity index (χ3n) is 16.4. The van der Waals surface area contributed by atoms with Crippen LogP contribution in [0, 0.1) is 95.7 Å². The maximum Gasteiger partial charge on any atom is 0.323 e. The van der Waals surface area contributed by atoms with Gasteiger partial charge in [0.15, 0.2) is 19.4 Å². The Hall–Kier alpha value is -5.71. The van der Waals surface area contributed by atoms with Gasteiger partial charge in [0.1, 0.15) is 78.5 Å². The van der Waals surface area contributed by atoms with E-state index in [-0.39, 0.29) is 172 Å². The molecule has 0 fully saturated rings. The van der Waals surface area contributed by atoms with Crippen LogP contribution in [0.4, 0.5) is 0 Å². The average Bonchev–Trinajstić information content (AvgIpc) is 1.46. The van der Waals surface area contributed by atoms with E-state index >= 15 is 0 Å². The van der Waals surface area contributed by atoms with Crippen molar-refractivity contribution in [2.45, 2.75) is 186 Å². The molecule has 18 N–H and O–H groups in total. The number of nitrogens with one attached hydrogen (secondary N) is 7. The van der Waals surface area contributed by atoms with Crippen molar-refractivity contribution in [3.05, 3.63) is 159 Å². The Morgan fingerprint density at radius 2 is 0.710 bits per heavy atom. The van der Waals surface area contributed by atoms with Crippen molar-refractivity contribution in [3.63, 3.8) is 0 Å². The number of halogens is 2. The molecule has 0 aliphatic carbocycles. The summed E-state index contributed by atoms with van der Waals surface area (Å²) in [6, 6.07) is 14.9. The fourth-order valence-corrected chi connectivity index (χ4v) is 16.3. The monoisotopic (exact) mass is 2510 g/mol. The average molecular weight is 2510 g/mol. The Morgan fingerprint density at radius 3 is 0.993 bits per heavy atom. The normalized spacial score (nSPS) is 14.0. The number of phenols is 3. The first kappa shape index (κ1) is 155. The molecular weight excluding hydrogens is 2360 g/mol. The Morgan fingerprint density at radius 1 is 0.428 bits per heavy atom.